The Morgan fingerprint density at radius 3 is 2.71 bits per heavy atom. The van der Waals surface area contributed by atoms with E-state index in [2.05, 4.69) is 31.5 Å². The van der Waals surface area contributed by atoms with Crippen LogP contribution in [-0.4, -0.2) is 4.57 Å². The van der Waals surface area contributed by atoms with Crippen molar-refractivity contribution in [3.05, 3.63) is 49.0 Å². The molecule has 0 amide bonds. The first-order chi connectivity index (χ1) is 6.86. The van der Waals surface area contributed by atoms with Gasteiger partial charge in [-0.3, -0.25) is 0 Å². The highest BCUT2D eigenvalue weighted by Crippen LogP contribution is 2.30. The van der Waals surface area contributed by atoms with Crippen LogP contribution in [0.15, 0.2) is 53.9 Å². The molecule has 0 bridgehead atoms. The third-order valence-electron chi connectivity index (χ3n) is 2.11. The lowest BCUT2D eigenvalue weighted by molar-refractivity contribution is 1.21. The molecule has 1 heterocycles. The van der Waals surface area contributed by atoms with Gasteiger partial charge in [-0.2, -0.15) is 0 Å². The van der Waals surface area contributed by atoms with E-state index in [1.807, 2.05) is 28.3 Å². The summed E-state index contributed by atoms with van der Waals surface area (Å²) in [6.07, 6.45) is 3.89. The van der Waals surface area contributed by atoms with E-state index in [-0.39, 0.29) is 0 Å². The van der Waals surface area contributed by atoms with E-state index in [0.29, 0.717) is 0 Å². The van der Waals surface area contributed by atoms with E-state index in [1.165, 1.54) is 15.8 Å². The van der Waals surface area contributed by atoms with E-state index < -0.39 is 0 Å². The normalized spacial score (nSPS) is 10.3. The van der Waals surface area contributed by atoms with E-state index in [4.69, 9.17) is 0 Å². The largest absolute Gasteiger partial charge is 0.323 e. The van der Waals surface area contributed by atoms with Crippen LogP contribution in [0.3, 0.4) is 0 Å². The first-order valence-electron chi connectivity index (χ1n) is 4.36. The van der Waals surface area contributed by atoms with Gasteiger partial charge in [-0.25, -0.2) is 0 Å². The molecule has 2 aromatic rings. The summed E-state index contributed by atoms with van der Waals surface area (Å²) in [7, 11) is 0. The number of hydrogen-bond acceptors (Lipinski definition) is 1. The Hall–Kier alpha value is -1.41. The van der Waals surface area contributed by atoms with Crippen LogP contribution in [0.5, 0.6) is 0 Å². The fraction of sp³-hybridized carbons (Fsp3) is 0. The van der Waals surface area contributed by atoms with Crippen molar-refractivity contribution in [2.45, 2.75) is 4.90 Å². The van der Waals surface area contributed by atoms with Gasteiger partial charge in [-0.1, -0.05) is 43.1 Å². The van der Waals surface area contributed by atoms with Crippen molar-refractivity contribution in [3.63, 3.8) is 0 Å². The van der Waals surface area contributed by atoms with Crippen LogP contribution in [0.2, 0.25) is 0 Å². The molecule has 14 heavy (non-hydrogen) atoms. The van der Waals surface area contributed by atoms with Crippen molar-refractivity contribution in [3.8, 4) is 0 Å². The molecular formula is C12H11NS. The van der Waals surface area contributed by atoms with Crippen LogP contribution >= 0.6 is 11.8 Å². The maximum Gasteiger partial charge on any atom is 0.0533 e. The van der Waals surface area contributed by atoms with Crippen LogP contribution < -0.4 is 0 Å². The number of para-hydroxylation sites is 1. The molecule has 1 aromatic carbocycles. The number of nitrogens with zero attached hydrogens (tertiary/aromatic N) is 1. The van der Waals surface area contributed by atoms with Crippen LogP contribution in [0.4, 0.5) is 0 Å². The minimum atomic E-state index is 1.19. The van der Waals surface area contributed by atoms with Gasteiger partial charge < -0.3 is 4.57 Å². The van der Waals surface area contributed by atoms with Crippen LogP contribution in [-0.2, 0) is 0 Å². The van der Waals surface area contributed by atoms with Crippen LogP contribution in [0.1, 0.15) is 0 Å². The number of thioether (sulfide) groups is 1. The highest BCUT2D eigenvalue weighted by molar-refractivity contribution is 8.02. The topological polar surface area (TPSA) is 4.93 Å². The fourth-order valence-electron chi connectivity index (χ4n) is 1.51. The first-order valence-corrected chi connectivity index (χ1v) is 5.24. The van der Waals surface area contributed by atoms with Crippen molar-refractivity contribution in [2.24, 2.45) is 0 Å². The molecule has 1 nitrogen and oxygen atoms in total. The van der Waals surface area contributed by atoms with Gasteiger partial charge in [0.2, 0.25) is 0 Å². The van der Waals surface area contributed by atoms with Gasteiger partial charge in [0.05, 0.1) is 5.52 Å². The second kappa shape index (κ2) is 3.76. The molecule has 1 aromatic heterocycles. The molecule has 0 fully saturated rings. The van der Waals surface area contributed by atoms with E-state index in [1.54, 1.807) is 11.8 Å². The molecule has 0 unspecified atom stereocenters. The lowest BCUT2D eigenvalue weighted by atomic mass is 10.2. The van der Waals surface area contributed by atoms with Crippen molar-refractivity contribution in [2.75, 3.05) is 0 Å². The molecule has 0 spiro atoms. The van der Waals surface area contributed by atoms with E-state index in [0.717, 1.165) is 0 Å². The summed E-state index contributed by atoms with van der Waals surface area (Å²) in [5, 5.41) is 3.09. The van der Waals surface area contributed by atoms with Gasteiger partial charge in [-0.05, 0) is 11.5 Å². The number of rotatable bonds is 3. The Morgan fingerprint density at radius 2 is 2.00 bits per heavy atom. The Kier molecular flexibility index (Phi) is 2.46. The zero-order valence-electron chi connectivity index (χ0n) is 7.81. The summed E-state index contributed by atoms with van der Waals surface area (Å²) in [6, 6.07) is 8.28. The van der Waals surface area contributed by atoms with E-state index in [9.17, 15) is 0 Å². The Balaban J connectivity index is 2.72. The maximum atomic E-state index is 3.78. The Morgan fingerprint density at radius 1 is 1.21 bits per heavy atom. The summed E-state index contributed by atoms with van der Waals surface area (Å²) in [6.45, 7) is 7.51. The molecule has 70 valence electrons. The Bertz CT molecular complexity index is 482. The molecule has 0 aliphatic heterocycles. The Labute approximate surface area is 87.7 Å². The first kappa shape index (κ1) is 9.16. The van der Waals surface area contributed by atoms with E-state index >= 15 is 0 Å². The number of benzene rings is 1. The quantitative estimate of drug-likeness (QED) is 0.680. The minimum absolute atomic E-state index is 1.19. The molecule has 0 saturated heterocycles. The average molecular weight is 201 g/mol. The van der Waals surface area contributed by atoms with Crippen molar-refractivity contribution in [1.82, 2.24) is 4.57 Å². The molecule has 0 aliphatic rings. The SMILES string of the molecule is C=CSc1cn(C=C)c2ccccc12. The van der Waals surface area contributed by atoms with Crippen molar-refractivity contribution < 1.29 is 0 Å². The second-order valence-electron chi connectivity index (χ2n) is 2.88. The predicted molar refractivity (Wildman–Crippen MR) is 64.4 cm³/mol. The van der Waals surface area contributed by atoms with Crippen LogP contribution in [0, 0.1) is 0 Å². The van der Waals surface area contributed by atoms with Crippen LogP contribution in [0.25, 0.3) is 17.1 Å². The summed E-state index contributed by atoms with van der Waals surface area (Å²) in [4.78, 5) is 1.22. The highest BCUT2D eigenvalue weighted by atomic mass is 32.2. The molecule has 0 atom stereocenters. The third-order valence-corrected chi connectivity index (χ3v) is 2.86. The predicted octanol–water partition coefficient (Wildman–Crippen LogP) is 3.98. The van der Waals surface area contributed by atoms with Crippen molar-refractivity contribution in [1.29, 1.82) is 0 Å². The van der Waals surface area contributed by atoms with Gasteiger partial charge in [-0.15, -0.1) is 0 Å². The van der Waals surface area contributed by atoms with Gasteiger partial charge >= 0.3 is 0 Å². The highest BCUT2D eigenvalue weighted by Gasteiger charge is 2.04. The summed E-state index contributed by atoms with van der Waals surface area (Å²) in [5.74, 6) is 0. The van der Waals surface area contributed by atoms with Gasteiger partial charge in [0.1, 0.15) is 0 Å². The second-order valence-corrected chi connectivity index (χ2v) is 3.89. The molecule has 0 aliphatic carbocycles. The smallest absolute Gasteiger partial charge is 0.0533 e. The lowest BCUT2D eigenvalue weighted by Gasteiger charge is -1.94. The standard InChI is InChI=1S/C12H11NS/c1-3-13-9-12(14-4-2)10-7-5-6-8-11(10)13/h3-9H,1-2H2. The molecule has 0 N–H and O–H groups in total. The lowest BCUT2D eigenvalue weighted by Crippen LogP contribution is -1.79. The summed E-state index contributed by atoms with van der Waals surface area (Å²) < 4.78 is 2.03. The molecule has 2 heteroatoms. The zero-order valence-corrected chi connectivity index (χ0v) is 8.63. The number of fused-ring (bicyclic) bond motifs is 1. The maximum absolute atomic E-state index is 3.78. The zero-order chi connectivity index (χ0) is 9.97. The van der Waals surface area contributed by atoms with Crippen molar-refractivity contribution >= 4 is 28.9 Å². The summed E-state index contributed by atoms with van der Waals surface area (Å²) in [5.41, 5.74) is 1.19. The van der Waals surface area contributed by atoms with Gasteiger partial charge in [0.25, 0.3) is 0 Å². The number of aromatic nitrogens is 1. The molecule has 2 rings (SSSR count). The molecule has 0 saturated carbocycles. The minimum Gasteiger partial charge on any atom is -0.323 e. The molecular weight excluding hydrogens is 190 g/mol. The average Bonchev–Trinajstić information content (AvgIpc) is 2.58. The van der Waals surface area contributed by atoms with Gasteiger partial charge in [0, 0.05) is 22.7 Å². The van der Waals surface area contributed by atoms with Gasteiger partial charge in [0.15, 0.2) is 0 Å². The summed E-state index contributed by atoms with van der Waals surface area (Å²) >= 11 is 1.64. The monoisotopic (exact) mass is 201 g/mol. The number of hydrogen-bond donors (Lipinski definition) is 0. The fourth-order valence-corrected chi connectivity index (χ4v) is 2.16. The molecule has 0 radical (unpaired) electrons. The third kappa shape index (κ3) is 1.38.